The molecule has 0 aliphatic carbocycles. The van der Waals surface area contributed by atoms with E-state index < -0.39 is 11.8 Å². The van der Waals surface area contributed by atoms with E-state index in [1.807, 2.05) is 0 Å². The largest absolute Gasteiger partial charge is 0.484 e. The van der Waals surface area contributed by atoms with Crippen molar-refractivity contribution in [2.45, 2.75) is 6.61 Å². The Hall–Kier alpha value is -2.02. The Balaban J connectivity index is 2.10. The van der Waals surface area contributed by atoms with Gasteiger partial charge >= 0.3 is 5.97 Å². The molecular weight excluding hydrogens is 247 g/mol. The van der Waals surface area contributed by atoms with Crippen molar-refractivity contribution in [3.8, 4) is 5.75 Å². The van der Waals surface area contributed by atoms with Gasteiger partial charge in [0.1, 0.15) is 12.3 Å². The quantitative estimate of drug-likeness (QED) is 0.902. The van der Waals surface area contributed by atoms with Gasteiger partial charge in [-0.25, -0.2) is 9.18 Å². The van der Waals surface area contributed by atoms with Crippen LogP contribution in [-0.2, 0) is 6.61 Å². The first-order valence-electron chi connectivity index (χ1n) is 4.60. The lowest BCUT2D eigenvalue weighted by Crippen LogP contribution is -2.04. The van der Waals surface area contributed by atoms with Gasteiger partial charge in [0.05, 0.1) is 0 Å². The Labute approximate surface area is 99.6 Å². The molecule has 1 aromatic heterocycles. The van der Waals surface area contributed by atoms with Crippen molar-refractivity contribution in [2.75, 3.05) is 0 Å². The average molecular weight is 254 g/mol. The van der Waals surface area contributed by atoms with E-state index in [4.69, 9.17) is 9.84 Å². The summed E-state index contributed by atoms with van der Waals surface area (Å²) in [5.41, 5.74) is 0.186. The molecule has 0 atom stereocenters. The number of benzene rings is 1. The predicted molar refractivity (Wildman–Crippen MR) is 57.6 cm³/mol. The second kappa shape index (κ2) is 4.88. The molecule has 2 aromatic rings. The van der Waals surface area contributed by atoms with E-state index in [9.17, 15) is 9.18 Å². The Morgan fingerprint density at radius 1 is 1.47 bits per heavy atom. The zero-order valence-corrected chi connectivity index (χ0v) is 9.28. The number of carbonyl (C=O) groups is 1. The van der Waals surface area contributed by atoms with Gasteiger partial charge < -0.3 is 9.84 Å². The topological polar surface area (TPSA) is 72.3 Å². The molecule has 1 heterocycles. The van der Waals surface area contributed by atoms with Gasteiger partial charge in [-0.15, -0.1) is 5.10 Å². The molecule has 0 aliphatic rings. The minimum atomic E-state index is -1.12. The van der Waals surface area contributed by atoms with Gasteiger partial charge in [-0.1, -0.05) is 16.6 Å². The van der Waals surface area contributed by atoms with Gasteiger partial charge in [-0.05, 0) is 23.7 Å². The molecule has 7 heteroatoms. The van der Waals surface area contributed by atoms with Crippen molar-refractivity contribution in [3.05, 3.63) is 40.7 Å². The minimum Gasteiger partial charge on any atom is -0.484 e. The van der Waals surface area contributed by atoms with Crippen LogP contribution in [-0.4, -0.2) is 20.7 Å². The highest BCUT2D eigenvalue weighted by molar-refractivity contribution is 7.07. The maximum Gasteiger partial charge on any atom is 0.349 e. The van der Waals surface area contributed by atoms with Crippen LogP contribution in [0.1, 0.15) is 15.4 Å². The van der Waals surface area contributed by atoms with Crippen LogP contribution in [0, 0.1) is 5.82 Å². The average Bonchev–Trinajstić information content (AvgIpc) is 2.76. The molecule has 0 saturated carbocycles. The summed E-state index contributed by atoms with van der Waals surface area (Å²) in [6, 6.07) is 5.87. The molecule has 1 N–H and O–H groups in total. The Morgan fingerprint density at radius 2 is 2.24 bits per heavy atom. The number of ether oxygens (including phenoxy) is 1. The second-order valence-electron chi connectivity index (χ2n) is 3.07. The first-order chi connectivity index (χ1) is 8.18. The number of rotatable bonds is 4. The van der Waals surface area contributed by atoms with Gasteiger partial charge in [0.25, 0.3) is 0 Å². The van der Waals surface area contributed by atoms with E-state index in [0.29, 0.717) is 0 Å². The first kappa shape index (κ1) is 11.5. The van der Waals surface area contributed by atoms with Crippen LogP contribution >= 0.6 is 11.5 Å². The summed E-state index contributed by atoms with van der Waals surface area (Å²) >= 11 is 0.763. The van der Waals surface area contributed by atoms with Crippen LogP contribution in [0.3, 0.4) is 0 Å². The lowest BCUT2D eigenvalue weighted by atomic mass is 10.3. The Bertz CT molecular complexity index is 544. The molecule has 0 spiro atoms. The maximum absolute atomic E-state index is 13.2. The maximum atomic E-state index is 13.2. The summed E-state index contributed by atoms with van der Waals surface area (Å²) < 4.78 is 21.9. The molecule has 88 valence electrons. The molecule has 0 radical (unpaired) electrons. The van der Waals surface area contributed by atoms with Crippen LogP contribution in [0.5, 0.6) is 5.75 Å². The molecule has 0 amide bonds. The molecule has 0 fully saturated rings. The zero-order chi connectivity index (χ0) is 12.3. The van der Waals surface area contributed by atoms with Crippen LogP contribution in [0.2, 0.25) is 0 Å². The van der Waals surface area contributed by atoms with Crippen molar-refractivity contribution in [2.24, 2.45) is 0 Å². The first-order valence-corrected chi connectivity index (χ1v) is 5.37. The number of aromatic carboxylic acids is 1. The van der Waals surface area contributed by atoms with Gasteiger partial charge in [0.2, 0.25) is 0 Å². The highest BCUT2D eigenvalue weighted by atomic mass is 32.1. The molecule has 5 nitrogen and oxygen atoms in total. The third-order valence-electron chi connectivity index (χ3n) is 1.95. The van der Waals surface area contributed by atoms with Crippen molar-refractivity contribution in [1.82, 2.24) is 9.59 Å². The molecule has 0 unspecified atom stereocenters. The summed E-state index contributed by atoms with van der Waals surface area (Å²) in [7, 11) is 0. The summed E-state index contributed by atoms with van der Waals surface area (Å²) in [6.45, 7) is -0.126. The monoisotopic (exact) mass is 254 g/mol. The van der Waals surface area contributed by atoms with E-state index in [1.165, 1.54) is 18.2 Å². The summed E-state index contributed by atoms with van der Waals surface area (Å²) in [6.07, 6.45) is 0. The van der Waals surface area contributed by atoms with E-state index in [2.05, 4.69) is 9.59 Å². The third kappa shape index (κ3) is 2.56. The molecule has 17 heavy (non-hydrogen) atoms. The highest BCUT2D eigenvalue weighted by Crippen LogP contribution is 2.18. The van der Waals surface area contributed by atoms with Gasteiger partial charge in [-0.3, -0.25) is 0 Å². The van der Waals surface area contributed by atoms with E-state index in [0.717, 1.165) is 11.5 Å². The third-order valence-corrected chi connectivity index (χ3v) is 2.71. The minimum absolute atomic E-state index is 0.00124. The second-order valence-corrected chi connectivity index (χ2v) is 3.83. The molecule has 2 rings (SSSR count). The molecular formula is C10H7FN2O3S. The summed E-state index contributed by atoms with van der Waals surface area (Å²) in [4.78, 5) is 10.8. The number of para-hydroxylation sites is 1. The number of aromatic nitrogens is 2. The van der Waals surface area contributed by atoms with Crippen LogP contribution in [0.15, 0.2) is 24.3 Å². The van der Waals surface area contributed by atoms with Crippen molar-refractivity contribution in [3.63, 3.8) is 0 Å². The van der Waals surface area contributed by atoms with Crippen LogP contribution < -0.4 is 4.74 Å². The number of hydrogen-bond donors (Lipinski definition) is 1. The van der Waals surface area contributed by atoms with Gasteiger partial charge in [-0.2, -0.15) is 0 Å². The molecule has 0 bridgehead atoms. The molecule has 0 saturated heterocycles. The standard InChI is InChI=1S/C10H7FN2O3S/c11-6-3-1-2-4-8(6)16-5-7-9(10(14)15)17-13-12-7/h1-4H,5H2,(H,14,15). The zero-order valence-electron chi connectivity index (χ0n) is 8.46. The Morgan fingerprint density at radius 3 is 2.94 bits per heavy atom. The number of carboxylic acid groups (broad SMARTS) is 1. The lowest BCUT2D eigenvalue weighted by molar-refractivity contribution is 0.0699. The van der Waals surface area contributed by atoms with Crippen LogP contribution in [0.25, 0.3) is 0 Å². The molecule has 0 aliphatic heterocycles. The fourth-order valence-electron chi connectivity index (χ4n) is 1.17. The number of carboxylic acids is 1. The SMILES string of the molecule is O=C(O)c1snnc1COc1ccccc1F. The smallest absolute Gasteiger partial charge is 0.349 e. The summed E-state index contributed by atoms with van der Waals surface area (Å²) in [5.74, 6) is -1.57. The van der Waals surface area contributed by atoms with Gasteiger partial charge in [0, 0.05) is 0 Å². The molecule has 1 aromatic carbocycles. The van der Waals surface area contributed by atoms with Gasteiger partial charge in [0.15, 0.2) is 16.4 Å². The van der Waals surface area contributed by atoms with Crippen molar-refractivity contribution in [1.29, 1.82) is 0 Å². The van der Waals surface area contributed by atoms with Crippen LogP contribution in [0.4, 0.5) is 4.39 Å². The van der Waals surface area contributed by atoms with E-state index in [-0.39, 0.29) is 22.9 Å². The Kier molecular flexibility index (Phi) is 3.29. The van der Waals surface area contributed by atoms with Crippen molar-refractivity contribution >= 4 is 17.5 Å². The van der Waals surface area contributed by atoms with E-state index >= 15 is 0 Å². The summed E-state index contributed by atoms with van der Waals surface area (Å²) in [5, 5.41) is 12.4. The fourth-order valence-corrected chi connectivity index (χ4v) is 1.68. The normalized spacial score (nSPS) is 10.2. The number of nitrogens with zero attached hydrogens (tertiary/aromatic N) is 2. The lowest BCUT2D eigenvalue weighted by Gasteiger charge is -2.04. The van der Waals surface area contributed by atoms with E-state index in [1.54, 1.807) is 6.07 Å². The van der Waals surface area contributed by atoms with Crippen molar-refractivity contribution < 1.29 is 19.0 Å². The fraction of sp³-hybridized carbons (Fsp3) is 0.100. The highest BCUT2D eigenvalue weighted by Gasteiger charge is 2.15. The predicted octanol–water partition coefficient (Wildman–Crippen LogP) is 1.95. The number of halogens is 1. The number of hydrogen-bond acceptors (Lipinski definition) is 5.